The van der Waals surface area contributed by atoms with Crippen molar-refractivity contribution >= 4 is 23.4 Å². The maximum atomic E-state index is 15.8. The minimum absolute atomic E-state index is 0.0606. The van der Waals surface area contributed by atoms with E-state index in [1.807, 2.05) is 0 Å². The fourth-order valence-corrected chi connectivity index (χ4v) is 3.78. The number of likely N-dealkylation sites (N-methyl/N-ethyl adjacent to an activating group) is 1. The first-order valence-electron chi connectivity index (χ1n) is 10.8. The highest BCUT2D eigenvalue weighted by Gasteiger charge is 2.48. The minimum Gasteiger partial charge on any atom is -0.486 e. The molecule has 1 aliphatic rings. The number of amides is 3. The number of carbonyl (C=O) groups excluding carboxylic acids is 3. The van der Waals surface area contributed by atoms with E-state index in [4.69, 9.17) is 4.74 Å². The van der Waals surface area contributed by atoms with E-state index in [-0.39, 0.29) is 12.0 Å². The van der Waals surface area contributed by atoms with E-state index in [9.17, 15) is 23.2 Å². The quantitative estimate of drug-likeness (QED) is 0.601. The molecule has 1 heterocycles. The molecule has 182 valence electrons. The molecule has 1 unspecified atom stereocenters. The van der Waals surface area contributed by atoms with Crippen LogP contribution in [0.4, 0.5) is 18.9 Å². The summed E-state index contributed by atoms with van der Waals surface area (Å²) in [5.41, 5.74) is -2.47. The first-order chi connectivity index (χ1) is 16.1. The molecule has 0 saturated carbocycles. The molecule has 1 aliphatic heterocycles. The highest BCUT2D eigenvalue weighted by Crippen LogP contribution is 2.32. The smallest absolute Gasteiger partial charge is 0.268 e. The molecular weight excluding hydrogens is 451 g/mol. The lowest BCUT2D eigenvalue weighted by Gasteiger charge is -2.28. The van der Waals surface area contributed by atoms with Gasteiger partial charge in [-0.25, -0.2) is 13.2 Å². The molecule has 7 nitrogen and oxygen atoms in total. The van der Waals surface area contributed by atoms with Crippen molar-refractivity contribution in [3.63, 3.8) is 0 Å². The van der Waals surface area contributed by atoms with Gasteiger partial charge >= 0.3 is 0 Å². The Morgan fingerprint density at radius 1 is 1.12 bits per heavy atom. The number of nitrogens with one attached hydrogen (secondary N) is 2. The summed E-state index contributed by atoms with van der Waals surface area (Å²) < 4.78 is 48.4. The summed E-state index contributed by atoms with van der Waals surface area (Å²) in [6.45, 7) is 2.75. The maximum Gasteiger partial charge on any atom is 0.268 e. The van der Waals surface area contributed by atoms with Gasteiger partial charge in [-0.1, -0.05) is 25.5 Å². The molecule has 34 heavy (non-hydrogen) atoms. The Bertz CT molecular complexity index is 1080. The molecule has 3 rings (SSSR count). The second-order valence-electron chi connectivity index (χ2n) is 8.15. The molecule has 2 aromatic carbocycles. The molecule has 0 spiro atoms. The number of alkyl halides is 1. The molecule has 0 fully saturated rings. The average molecular weight is 477 g/mol. The van der Waals surface area contributed by atoms with Crippen molar-refractivity contribution < 1.29 is 32.3 Å². The Morgan fingerprint density at radius 2 is 1.76 bits per heavy atom. The van der Waals surface area contributed by atoms with Crippen LogP contribution in [0.5, 0.6) is 5.75 Å². The molecule has 0 aromatic heterocycles. The summed E-state index contributed by atoms with van der Waals surface area (Å²) in [6, 6.07) is 8.16. The molecule has 2 aromatic rings. The van der Waals surface area contributed by atoms with Crippen LogP contribution in [0.1, 0.15) is 32.3 Å². The minimum atomic E-state index is -3.02. The van der Waals surface area contributed by atoms with Crippen molar-refractivity contribution in [1.29, 1.82) is 0 Å². The first kappa shape index (κ1) is 25.1. The second-order valence-corrected chi connectivity index (χ2v) is 8.15. The molecule has 3 amide bonds. The monoisotopic (exact) mass is 477 g/mol. The number of carbonyl (C=O) groups is 3. The Kier molecular flexibility index (Phi) is 7.48. The summed E-state index contributed by atoms with van der Waals surface area (Å²) in [4.78, 5) is 40.0. The third kappa shape index (κ3) is 5.16. The first-order valence-corrected chi connectivity index (χ1v) is 10.8. The van der Waals surface area contributed by atoms with Crippen LogP contribution < -0.4 is 20.3 Å². The predicted octanol–water partition coefficient (Wildman–Crippen LogP) is 3.02. The number of anilines is 1. The Morgan fingerprint density at radius 3 is 2.41 bits per heavy atom. The Labute approximate surface area is 195 Å². The highest BCUT2D eigenvalue weighted by atomic mass is 19.1. The summed E-state index contributed by atoms with van der Waals surface area (Å²) in [5.74, 6) is -4.41. The van der Waals surface area contributed by atoms with Gasteiger partial charge in [0.2, 0.25) is 0 Å². The van der Waals surface area contributed by atoms with Crippen molar-refractivity contribution in [3.05, 3.63) is 59.7 Å². The number of fused-ring (bicyclic) bond motifs is 1. The van der Waals surface area contributed by atoms with Gasteiger partial charge in [-0.15, -0.1) is 0 Å². The van der Waals surface area contributed by atoms with Gasteiger partial charge in [-0.3, -0.25) is 14.4 Å². The van der Waals surface area contributed by atoms with E-state index in [0.29, 0.717) is 17.5 Å². The zero-order valence-electron chi connectivity index (χ0n) is 19.0. The molecule has 3 atom stereocenters. The van der Waals surface area contributed by atoms with Crippen LogP contribution in [0.3, 0.4) is 0 Å². The fourth-order valence-electron chi connectivity index (χ4n) is 3.78. The molecule has 0 bridgehead atoms. The Hall–Kier alpha value is -3.56. The number of halogens is 3. The SMILES string of the molecule is CCCC(F)(C(=O)NCc1cc(F)cc(F)c1)C(=O)N[C@@H]1C(=O)N(C)c2ccccc2O[C@@H]1C. The van der Waals surface area contributed by atoms with Crippen molar-refractivity contribution in [3.8, 4) is 5.75 Å². The van der Waals surface area contributed by atoms with Gasteiger partial charge < -0.3 is 20.3 Å². The molecule has 0 radical (unpaired) electrons. The van der Waals surface area contributed by atoms with E-state index in [1.165, 1.54) is 11.9 Å². The van der Waals surface area contributed by atoms with Crippen molar-refractivity contribution in [1.82, 2.24) is 10.6 Å². The molecule has 0 saturated heterocycles. The van der Waals surface area contributed by atoms with Gasteiger partial charge in [0.05, 0.1) is 5.69 Å². The van der Waals surface area contributed by atoms with Crippen molar-refractivity contribution in [2.75, 3.05) is 11.9 Å². The van der Waals surface area contributed by atoms with E-state index in [2.05, 4.69) is 10.6 Å². The third-order valence-electron chi connectivity index (χ3n) is 5.58. The average Bonchev–Trinajstić information content (AvgIpc) is 2.87. The van der Waals surface area contributed by atoms with E-state index < -0.39 is 60.1 Å². The molecule has 2 N–H and O–H groups in total. The zero-order valence-corrected chi connectivity index (χ0v) is 19.0. The topological polar surface area (TPSA) is 87.7 Å². The Balaban J connectivity index is 1.77. The summed E-state index contributed by atoms with van der Waals surface area (Å²) in [5, 5.41) is 4.56. The number of ether oxygens (including phenoxy) is 1. The van der Waals surface area contributed by atoms with Gasteiger partial charge in [0.15, 0.2) is 0 Å². The summed E-state index contributed by atoms with van der Waals surface area (Å²) in [6.07, 6.45) is -1.18. The number of hydrogen-bond acceptors (Lipinski definition) is 4. The number of rotatable bonds is 7. The van der Waals surface area contributed by atoms with Gasteiger partial charge in [0, 0.05) is 19.7 Å². The summed E-state index contributed by atoms with van der Waals surface area (Å²) in [7, 11) is 1.50. The zero-order chi connectivity index (χ0) is 25.0. The van der Waals surface area contributed by atoms with Crippen molar-refractivity contribution in [2.45, 2.75) is 51.0 Å². The van der Waals surface area contributed by atoms with Crippen LogP contribution >= 0.6 is 0 Å². The number of hydrogen-bond donors (Lipinski definition) is 2. The fraction of sp³-hybridized carbons (Fsp3) is 0.375. The predicted molar refractivity (Wildman–Crippen MR) is 119 cm³/mol. The summed E-state index contributed by atoms with van der Waals surface area (Å²) >= 11 is 0. The third-order valence-corrected chi connectivity index (χ3v) is 5.58. The lowest BCUT2D eigenvalue weighted by atomic mass is 9.96. The van der Waals surface area contributed by atoms with E-state index >= 15 is 4.39 Å². The molecular formula is C24H26F3N3O4. The van der Waals surface area contributed by atoms with Crippen LogP contribution in [0.2, 0.25) is 0 Å². The molecule has 0 aliphatic carbocycles. The van der Waals surface area contributed by atoms with Crippen LogP contribution in [0.25, 0.3) is 0 Å². The van der Waals surface area contributed by atoms with Crippen molar-refractivity contribution in [2.24, 2.45) is 0 Å². The standard InChI is InChI=1S/C24H26F3N3O4/c1-4-9-24(27,22(32)28-13-15-10-16(25)12-17(26)11-15)23(33)29-20-14(2)34-19-8-6-5-7-18(19)30(3)21(20)31/h5-8,10-12,14,20H,4,9,13H2,1-3H3,(H,28,32)(H,29,33)/t14-,20+,24?/m1/s1. The van der Waals surface area contributed by atoms with Crippen LogP contribution in [0, 0.1) is 11.6 Å². The number of benzene rings is 2. The second kappa shape index (κ2) is 10.1. The van der Waals surface area contributed by atoms with Gasteiger partial charge in [0.25, 0.3) is 23.4 Å². The normalized spacial score (nSPS) is 19.4. The van der Waals surface area contributed by atoms with Crippen LogP contribution in [0.15, 0.2) is 42.5 Å². The van der Waals surface area contributed by atoms with Gasteiger partial charge in [0.1, 0.15) is 29.5 Å². The molecule has 10 heteroatoms. The lowest BCUT2D eigenvalue weighted by molar-refractivity contribution is -0.148. The van der Waals surface area contributed by atoms with Crippen LogP contribution in [-0.4, -0.2) is 42.6 Å². The maximum absolute atomic E-state index is 15.8. The number of nitrogens with zero attached hydrogens (tertiary/aromatic N) is 1. The highest BCUT2D eigenvalue weighted by molar-refractivity contribution is 6.10. The lowest BCUT2D eigenvalue weighted by Crippen LogP contribution is -2.61. The van der Waals surface area contributed by atoms with E-state index in [0.717, 1.165) is 12.1 Å². The van der Waals surface area contributed by atoms with Gasteiger partial charge in [-0.05, 0) is 43.2 Å². The van der Waals surface area contributed by atoms with E-state index in [1.54, 1.807) is 38.1 Å². The van der Waals surface area contributed by atoms with Gasteiger partial charge in [-0.2, -0.15) is 0 Å². The van der Waals surface area contributed by atoms with Crippen LogP contribution in [-0.2, 0) is 20.9 Å². The number of para-hydroxylation sites is 2. The largest absolute Gasteiger partial charge is 0.486 e.